The molecule has 1 heterocycles. The van der Waals surface area contributed by atoms with Crippen LogP contribution >= 0.6 is 11.6 Å². The molecule has 0 aliphatic heterocycles. The highest BCUT2D eigenvalue weighted by Gasteiger charge is 2.16. The van der Waals surface area contributed by atoms with E-state index in [1.165, 1.54) is 4.90 Å². The van der Waals surface area contributed by atoms with Gasteiger partial charge in [0.15, 0.2) is 0 Å². The summed E-state index contributed by atoms with van der Waals surface area (Å²) in [5.74, 6) is -0.406. The van der Waals surface area contributed by atoms with Crippen molar-refractivity contribution in [3.8, 4) is 11.3 Å². The SMILES string of the molecule is O=C(O)/C=C\C(=O)N(Cc1ccc(-c2ccc(Cl)cc2)o1)c1ccccc1. The molecule has 5 nitrogen and oxygen atoms in total. The first-order valence-corrected chi connectivity index (χ1v) is 8.53. The lowest BCUT2D eigenvalue weighted by atomic mass is 10.2. The van der Waals surface area contributed by atoms with Gasteiger partial charge in [-0.25, -0.2) is 4.79 Å². The molecule has 3 rings (SSSR count). The average Bonchev–Trinajstić information content (AvgIpc) is 3.14. The number of rotatable bonds is 6. The van der Waals surface area contributed by atoms with Crippen molar-refractivity contribution in [2.45, 2.75) is 6.54 Å². The van der Waals surface area contributed by atoms with Gasteiger partial charge in [-0.05, 0) is 48.5 Å². The van der Waals surface area contributed by atoms with Crippen molar-refractivity contribution in [3.63, 3.8) is 0 Å². The number of halogens is 1. The van der Waals surface area contributed by atoms with Gasteiger partial charge in [0.1, 0.15) is 11.5 Å². The number of furan rings is 1. The number of carboxylic acid groups (broad SMARTS) is 1. The number of carbonyl (C=O) groups is 2. The van der Waals surface area contributed by atoms with Crippen molar-refractivity contribution in [2.24, 2.45) is 0 Å². The van der Waals surface area contributed by atoms with Gasteiger partial charge in [0, 0.05) is 28.4 Å². The van der Waals surface area contributed by atoms with Crippen LogP contribution in [0.5, 0.6) is 0 Å². The van der Waals surface area contributed by atoms with Gasteiger partial charge in [-0.1, -0.05) is 29.8 Å². The Hall–Kier alpha value is -3.31. The summed E-state index contributed by atoms with van der Waals surface area (Å²) in [6.07, 6.45) is 1.85. The van der Waals surface area contributed by atoms with E-state index in [9.17, 15) is 9.59 Å². The third kappa shape index (κ3) is 4.86. The molecule has 0 fully saturated rings. The summed E-state index contributed by atoms with van der Waals surface area (Å²) in [4.78, 5) is 24.7. The Morgan fingerprint density at radius 1 is 0.963 bits per heavy atom. The monoisotopic (exact) mass is 381 g/mol. The largest absolute Gasteiger partial charge is 0.478 e. The third-order valence-electron chi connectivity index (χ3n) is 3.81. The Kier molecular flexibility index (Phi) is 5.74. The zero-order valence-electron chi connectivity index (χ0n) is 14.2. The lowest BCUT2D eigenvalue weighted by Gasteiger charge is -2.20. The number of hydrogen-bond acceptors (Lipinski definition) is 3. The number of carboxylic acids is 1. The van der Waals surface area contributed by atoms with Crippen molar-refractivity contribution in [1.82, 2.24) is 0 Å². The Morgan fingerprint density at radius 2 is 1.67 bits per heavy atom. The van der Waals surface area contributed by atoms with Crippen LogP contribution in [0.3, 0.4) is 0 Å². The van der Waals surface area contributed by atoms with Crippen LogP contribution < -0.4 is 4.90 Å². The smallest absolute Gasteiger partial charge is 0.328 e. The molecule has 0 spiro atoms. The van der Waals surface area contributed by atoms with E-state index in [-0.39, 0.29) is 6.54 Å². The molecular weight excluding hydrogens is 366 g/mol. The molecule has 0 bridgehead atoms. The number of carbonyl (C=O) groups excluding carboxylic acids is 1. The third-order valence-corrected chi connectivity index (χ3v) is 4.06. The predicted molar refractivity (Wildman–Crippen MR) is 104 cm³/mol. The van der Waals surface area contributed by atoms with Crippen molar-refractivity contribution < 1.29 is 19.1 Å². The van der Waals surface area contributed by atoms with Crippen LogP contribution in [0.15, 0.2) is 83.3 Å². The van der Waals surface area contributed by atoms with E-state index in [0.29, 0.717) is 22.2 Å². The van der Waals surface area contributed by atoms with Gasteiger partial charge in [-0.2, -0.15) is 0 Å². The molecule has 136 valence electrons. The highest BCUT2D eigenvalue weighted by Crippen LogP contribution is 2.25. The zero-order valence-corrected chi connectivity index (χ0v) is 15.0. The fourth-order valence-corrected chi connectivity index (χ4v) is 2.65. The molecule has 6 heteroatoms. The second-order valence-corrected chi connectivity index (χ2v) is 6.14. The Morgan fingerprint density at radius 3 is 2.33 bits per heavy atom. The van der Waals surface area contributed by atoms with Crippen LogP contribution in [0.4, 0.5) is 5.69 Å². The lowest BCUT2D eigenvalue weighted by Crippen LogP contribution is -2.28. The Balaban J connectivity index is 1.85. The van der Waals surface area contributed by atoms with Crippen LogP contribution in [0.2, 0.25) is 5.02 Å². The van der Waals surface area contributed by atoms with Crippen LogP contribution in [-0.2, 0) is 16.1 Å². The summed E-state index contributed by atoms with van der Waals surface area (Å²) >= 11 is 5.90. The van der Waals surface area contributed by atoms with E-state index in [0.717, 1.165) is 17.7 Å². The highest BCUT2D eigenvalue weighted by atomic mass is 35.5. The topological polar surface area (TPSA) is 70.8 Å². The van der Waals surface area contributed by atoms with E-state index < -0.39 is 11.9 Å². The van der Waals surface area contributed by atoms with Gasteiger partial charge in [0.25, 0.3) is 5.91 Å². The molecule has 3 aromatic rings. The van der Waals surface area contributed by atoms with E-state index in [2.05, 4.69) is 0 Å². The highest BCUT2D eigenvalue weighted by molar-refractivity contribution is 6.30. The zero-order chi connectivity index (χ0) is 19.2. The number of para-hydroxylation sites is 1. The molecule has 2 aromatic carbocycles. The lowest BCUT2D eigenvalue weighted by molar-refractivity contribution is -0.131. The number of anilines is 1. The molecule has 0 radical (unpaired) electrons. The second kappa shape index (κ2) is 8.38. The van der Waals surface area contributed by atoms with Gasteiger partial charge in [0.05, 0.1) is 6.54 Å². The number of hydrogen-bond donors (Lipinski definition) is 1. The maximum absolute atomic E-state index is 12.5. The molecule has 0 aliphatic rings. The second-order valence-electron chi connectivity index (χ2n) is 5.70. The van der Waals surface area contributed by atoms with Gasteiger partial charge >= 0.3 is 5.97 Å². The number of nitrogens with zero attached hydrogens (tertiary/aromatic N) is 1. The number of aliphatic carboxylic acids is 1. The van der Waals surface area contributed by atoms with Gasteiger partial charge < -0.3 is 14.4 Å². The fourth-order valence-electron chi connectivity index (χ4n) is 2.52. The Labute approximate surface area is 161 Å². The standard InChI is InChI=1S/C21H16ClNO4/c22-16-8-6-15(7-9-16)19-11-10-18(27-19)14-23(17-4-2-1-3-5-17)20(24)12-13-21(25)26/h1-13H,14H2,(H,25,26)/b13-12-. The first-order chi connectivity index (χ1) is 13.0. The number of amides is 1. The first kappa shape index (κ1) is 18.5. The predicted octanol–water partition coefficient (Wildman–Crippen LogP) is 4.77. The maximum Gasteiger partial charge on any atom is 0.328 e. The molecule has 1 amide bonds. The van der Waals surface area contributed by atoms with Crippen LogP contribution in [0.25, 0.3) is 11.3 Å². The van der Waals surface area contributed by atoms with Crippen molar-refractivity contribution >= 4 is 29.2 Å². The summed E-state index contributed by atoms with van der Waals surface area (Å²) < 4.78 is 5.86. The summed E-state index contributed by atoms with van der Waals surface area (Å²) in [6.45, 7) is 0.167. The fraction of sp³-hybridized carbons (Fsp3) is 0.0476. The van der Waals surface area contributed by atoms with E-state index >= 15 is 0 Å². The summed E-state index contributed by atoms with van der Waals surface area (Å²) in [5.41, 5.74) is 1.51. The molecule has 0 unspecified atom stereocenters. The first-order valence-electron chi connectivity index (χ1n) is 8.15. The average molecular weight is 382 g/mol. The summed E-state index contributed by atoms with van der Waals surface area (Å²) in [5, 5.41) is 9.40. The molecular formula is C21H16ClNO4. The molecule has 0 aliphatic carbocycles. The molecule has 1 aromatic heterocycles. The molecule has 0 atom stereocenters. The minimum atomic E-state index is -1.18. The Bertz CT molecular complexity index is 961. The normalized spacial score (nSPS) is 10.9. The van der Waals surface area contributed by atoms with E-state index in [1.54, 1.807) is 42.5 Å². The minimum absolute atomic E-state index is 0.167. The summed E-state index contributed by atoms with van der Waals surface area (Å²) in [6, 6.07) is 19.8. The van der Waals surface area contributed by atoms with Gasteiger partial charge in [-0.3, -0.25) is 4.79 Å². The maximum atomic E-state index is 12.5. The van der Waals surface area contributed by atoms with Crippen molar-refractivity contribution in [1.29, 1.82) is 0 Å². The van der Waals surface area contributed by atoms with Crippen LogP contribution in [-0.4, -0.2) is 17.0 Å². The van der Waals surface area contributed by atoms with Crippen LogP contribution in [0.1, 0.15) is 5.76 Å². The molecule has 0 saturated heterocycles. The van der Waals surface area contributed by atoms with Gasteiger partial charge in [0.2, 0.25) is 0 Å². The summed E-state index contributed by atoms with van der Waals surface area (Å²) in [7, 11) is 0. The van der Waals surface area contributed by atoms with E-state index in [4.69, 9.17) is 21.1 Å². The van der Waals surface area contributed by atoms with Crippen LogP contribution in [0, 0.1) is 0 Å². The van der Waals surface area contributed by atoms with Gasteiger partial charge in [-0.15, -0.1) is 0 Å². The molecule has 0 saturated carbocycles. The minimum Gasteiger partial charge on any atom is -0.478 e. The quantitative estimate of drug-likeness (QED) is 0.624. The molecule has 1 N–H and O–H groups in total. The molecule has 27 heavy (non-hydrogen) atoms. The van der Waals surface area contributed by atoms with Crippen molar-refractivity contribution in [2.75, 3.05) is 4.90 Å². The van der Waals surface area contributed by atoms with Crippen molar-refractivity contribution in [3.05, 3.63) is 89.7 Å². The number of benzene rings is 2. The van der Waals surface area contributed by atoms with E-state index in [1.807, 2.05) is 24.3 Å².